The van der Waals surface area contributed by atoms with Crippen LogP contribution in [-0.2, 0) is 23.8 Å². The lowest BCUT2D eigenvalue weighted by Gasteiger charge is -2.27. The highest BCUT2D eigenvalue weighted by atomic mass is 16.6. The van der Waals surface area contributed by atoms with Gasteiger partial charge in [0.2, 0.25) is 0 Å². The number of fused-ring (bicyclic) bond motifs is 1. The number of rotatable bonds is 2. The summed E-state index contributed by atoms with van der Waals surface area (Å²) in [6.07, 6.45) is 3.85. The Morgan fingerprint density at radius 3 is 2.80 bits per heavy atom. The van der Waals surface area contributed by atoms with Gasteiger partial charge < -0.3 is 14.2 Å². The van der Waals surface area contributed by atoms with Crippen LogP contribution < -0.4 is 0 Å². The van der Waals surface area contributed by atoms with Crippen molar-refractivity contribution >= 4 is 18.0 Å². The molecule has 2 aliphatic rings. The van der Waals surface area contributed by atoms with Crippen molar-refractivity contribution < 1.29 is 28.6 Å². The molecule has 7 heteroatoms. The second-order valence-electron chi connectivity index (χ2n) is 4.50. The minimum absolute atomic E-state index is 0.135. The predicted molar refractivity (Wildman–Crippen MR) is 65.3 cm³/mol. The molecule has 2 saturated heterocycles. The summed E-state index contributed by atoms with van der Waals surface area (Å²) in [4.78, 5) is 36.8. The topological polar surface area (TPSA) is 82.1 Å². The minimum atomic E-state index is -0.874. The number of amides is 1. The minimum Gasteiger partial charge on any atom is -0.464 e. The molecule has 0 aromatic heterocycles. The van der Waals surface area contributed by atoms with Crippen LogP contribution in [0.5, 0.6) is 0 Å². The lowest BCUT2D eigenvalue weighted by Crippen LogP contribution is -2.49. The largest absolute Gasteiger partial charge is 0.464 e. The van der Waals surface area contributed by atoms with Crippen LogP contribution in [0, 0.1) is 18.3 Å². The van der Waals surface area contributed by atoms with Gasteiger partial charge in [0, 0.05) is 0 Å². The normalized spacial score (nSPS) is 31.2. The van der Waals surface area contributed by atoms with Crippen LogP contribution in [-0.4, -0.2) is 54.8 Å². The highest BCUT2D eigenvalue weighted by Gasteiger charge is 2.59. The van der Waals surface area contributed by atoms with Gasteiger partial charge in [0.15, 0.2) is 6.10 Å². The van der Waals surface area contributed by atoms with Gasteiger partial charge in [0.25, 0.3) is 0 Å². The van der Waals surface area contributed by atoms with Gasteiger partial charge in [-0.1, -0.05) is 5.92 Å². The Morgan fingerprint density at radius 1 is 1.55 bits per heavy atom. The fourth-order valence-electron chi connectivity index (χ4n) is 2.71. The van der Waals surface area contributed by atoms with E-state index in [1.165, 1.54) is 7.11 Å². The molecule has 1 amide bonds. The standard InChI is InChI=1S/C13H15NO6/c1-4-9-10-7(11(15)20-9)6-8(12(16)19-5-2)14(10)13(17)18-3/h1,7-10H,5-6H2,2-3H3/t7-,8-,9-,10+/m0/s1. The third-order valence-electron chi connectivity index (χ3n) is 3.51. The van der Waals surface area contributed by atoms with E-state index in [1.807, 2.05) is 0 Å². The van der Waals surface area contributed by atoms with Gasteiger partial charge in [-0.3, -0.25) is 9.69 Å². The monoisotopic (exact) mass is 281 g/mol. The number of methoxy groups -OCH3 is 1. The zero-order valence-electron chi connectivity index (χ0n) is 11.2. The highest BCUT2D eigenvalue weighted by molar-refractivity contribution is 5.87. The number of ether oxygens (including phenoxy) is 3. The van der Waals surface area contributed by atoms with E-state index in [4.69, 9.17) is 15.9 Å². The number of likely N-dealkylation sites (tertiary alicyclic amines) is 1. The van der Waals surface area contributed by atoms with E-state index in [-0.39, 0.29) is 13.0 Å². The van der Waals surface area contributed by atoms with Crippen molar-refractivity contribution in [1.29, 1.82) is 0 Å². The third kappa shape index (κ3) is 2.07. The van der Waals surface area contributed by atoms with Crippen molar-refractivity contribution in [2.75, 3.05) is 13.7 Å². The lowest BCUT2D eigenvalue weighted by atomic mass is 9.98. The van der Waals surface area contributed by atoms with Crippen molar-refractivity contribution in [2.45, 2.75) is 31.5 Å². The van der Waals surface area contributed by atoms with Gasteiger partial charge in [0.1, 0.15) is 6.04 Å². The first-order chi connectivity index (χ1) is 9.54. The van der Waals surface area contributed by atoms with E-state index in [1.54, 1.807) is 6.92 Å². The first kappa shape index (κ1) is 14.2. The fourth-order valence-corrected chi connectivity index (χ4v) is 2.71. The summed E-state index contributed by atoms with van der Waals surface area (Å²) in [6, 6.07) is -1.56. The van der Waals surface area contributed by atoms with Gasteiger partial charge >= 0.3 is 18.0 Å². The number of hydrogen-bond donors (Lipinski definition) is 0. The van der Waals surface area contributed by atoms with E-state index in [2.05, 4.69) is 10.7 Å². The van der Waals surface area contributed by atoms with E-state index in [0.717, 1.165) is 4.90 Å². The SMILES string of the molecule is C#C[C@@H]1OC(=O)[C@H]2C[C@@H](C(=O)OCC)N(C(=O)OC)[C@@H]12. The molecule has 20 heavy (non-hydrogen) atoms. The molecule has 0 unspecified atom stereocenters. The maximum Gasteiger partial charge on any atom is 0.410 e. The van der Waals surface area contributed by atoms with Crippen molar-refractivity contribution in [1.82, 2.24) is 4.90 Å². The number of terminal acetylenes is 1. The van der Waals surface area contributed by atoms with Crippen LogP contribution in [0.4, 0.5) is 4.79 Å². The maximum absolute atomic E-state index is 11.9. The molecule has 7 nitrogen and oxygen atoms in total. The van der Waals surface area contributed by atoms with Crippen LogP contribution in [0.2, 0.25) is 0 Å². The smallest absolute Gasteiger partial charge is 0.410 e. The van der Waals surface area contributed by atoms with E-state index in [9.17, 15) is 14.4 Å². The van der Waals surface area contributed by atoms with Gasteiger partial charge in [0.05, 0.1) is 25.7 Å². The summed E-state index contributed by atoms with van der Waals surface area (Å²) in [7, 11) is 1.19. The zero-order valence-corrected chi connectivity index (χ0v) is 11.2. The van der Waals surface area contributed by atoms with Crippen molar-refractivity contribution in [3.63, 3.8) is 0 Å². The predicted octanol–water partition coefficient (Wildman–Crippen LogP) is -0.0664. The molecule has 2 aliphatic heterocycles. The maximum atomic E-state index is 11.9. The second-order valence-corrected chi connectivity index (χ2v) is 4.50. The highest BCUT2D eigenvalue weighted by Crippen LogP contribution is 2.39. The molecule has 0 aromatic carbocycles. The first-order valence-electron chi connectivity index (χ1n) is 6.24. The molecule has 108 valence electrons. The molecule has 0 aromatic rings. The Bertz CT molecular complexity index is 482. The van der Waals surface area contributed by atoms with Crippen LogP contribution >= 0.6 is 0 Å². The average Bonchev–Trinajstić information content (AvgIpc) is 2.96. The molecule has 0 bridgehead atoms. The first-order valence-corrected chi connectivity index (χ1v) is 6.24. The Hall–Kier alpha value is -2.23. The molecular formula is C13H15NO6. The number of esters is 2. The summed E-state index contributed by atoms with van der Waals surface area (Å²) in [5.74, 6) is 0.626. The number of carbonyl (C=O) groups is 3. The number of nitrogens with zero attached hydrogens (tertiary/aromatic N) is 1. The molecular weight excluding hydrogens is 266 g/mol. The van der Waals surface area contributed by atoms with Crippen molar-refractivity contribution in [2.24, 2.45) is 5.92 Å². The summed E-state index contributed by atoms with van der Waals surface area (Å²) in [5, 5.41) is 0. The van der Waals surface area contributed by atoms with Gasteiger partial charge in [-0.25, -0.2) is 9.59 Å². The molecule has 0 N–H and O–H groups in total. The Balaban J connectivity index is 2.32. The van der Waals surface area contributed by atoms with Crippen LogP contribution in [0.3, 0.4) is 0 Å². The molecule has 0 spiro atoms. The molecule has 0 radical (unpaired) electrons. The molecule has 2 rings (SSSR count). The Morgan fingerprint density at radius 2 is 2.25 bits per heavy atom. The molecule has 2 fully saturated rings. The lowest BCUT2D eigenvalue weighted by molar-refractivity contribution is -0.149. The van der Waals surface area contributed by atoms with E-state index < -0.39 is 42.1 Å². The van der Waals surface area contributed by atoms with Gasteiger partial charge in [-0.05, 0) is 13.3 Å². The van der Waals surface area contributed by atoms with Crippen molar-refractivity contribution in [3.05, 3.63) is 0 Å². The van der Waals surface area contributed by atoms with Crippen LogP contribution in [0.25, 0.3) is 0 Å². The van der Waals surface area contributed by atoms with Gasteiger partial charge in [-0.2, -0.15) is 0 Å². The summed E-state index contributed by atoms with van der Waals surface area (Å²) < 4.78 is 14.6. The summed E-state index contributed by atoms with van der Waals surface area (Å²) >= 11 is 0. The quantitative estimate of drug-likeness (QED) is 0.400. The number of hydrogen-bond acceptors (Lipinski definition) is 6. The van der Waals surface area contributed by atoms with Crippen LogP contribution in [0.15, 0.2) is 0 Å². The molecule has 0 saturated carbocycles. The molecule has 0 aliphatic carbocycles. The number of cyclic esters (lactones) is 1. The van der Waals surface area contributed by atoms with Crippen LogP contribution in [0.1, 0.15) is 13.3 Å². The molecule has 2 heterocycles. The van der Waals surface area contributed by atoms with Gasteiger partial charge in [-0.15, -0.1) is 6.42 Å². The Labute approximate surface area is 116 Å². The fraction of sp³-hybridized carbons (Fsp3) is 0.615. The second kappa shape index (κ2) is 5.41. The third-order valence-corrected chi connectivity index (χ3v) is 3.51. The summed E-state index contributed by atoms with van der Waals surface area (Å²) in [5.41, 5.74) is 0. The van der Waals surface area contributed by atoms with Crippen molar-refractivity contribution in [3.8, 4) is 12.3 Å². The Kier molecular flexibility index (Phi) is 3.84. The van der Waals surface area contributed by atoms with E-state index in [0.29, 0.717) is 0 Å². The zero-order chi connectivity index (χ0) is 14.9. The average molecular weight is 281 g/mol. The number of carbonyl (C=O) groups excluding carboxylic acids is 3. The molecule has 4 atom stereocenters. The van der Waals surface area contributed by atoms with E-state index >= 15 is 0 Å². The summed E-state index contributed by atoms with van der Waals surface area (Å²) in [6.45, 7) is 1.84.